The van der Waals surface area contributed by atoms with Crippen molar-refractivity contribution in [3.05, 3.63) is 33.9 Å². The maximum absolute atomic E-state index is 10.8. The first kappa shape index (κ1) is 12.8. The van der Waals surface area contributed by atoms with Crippen molar-refractivity contribution in [3.8, 4) is 0 Å². The van der Waals surface area contributed by atoms with Gasteiger partial charge in [-0.3, -0.25) is 10.1 Å². The average molecular weight is 250 g/mol. The van der Waals surface area contributed by atoms with Crippen molar-refractivity contribution < 1.29 is 9.66 Å². The molecule has 0 amide bonds. The van der Waals surface area contributed by atoms with Crippen molar-refractivity contribution in [3.63, 3.8) is 0 Å². The molecular formula is C13H18N2O3. The lowest BCUT2D eigenvalue weighted by molar-refractivity contribution is -0.384. The van der Waals surface area contributed by atoms with Gasteiger partial charge >= 0.3 is 0 Å². The molecular weight excluding hydrogens is 232 g/mol. The van der Waals surface area contributed by atoms with Gasteiger partial charge in [0.15, 0.2) is 0 Å². The zero-order valence-corrected chi connectivity index (χ0v) is 10.9. The number of ether oxygens (including phenoxy) is 1. The molecule has 2 rings (SSSR count). The van der Waals surface area contributed by atoms with Crippen LogP contribution in [-0.4, -0.2) is 23.2 Å². The lowest BCUT2D eigenvalue weighted by Gasteiger charge is -2.30. The summed E-state index contributed by atoms with van der Waals surface area (Å²) >= 11 is 0. The molecule has 5 heteroatoms. The maximum atomic E-state index is 10.8. The molecule has 1 saturated heterocycles. The zero-order chi connectivity index (χ0) is 13.3. The zero-order valence-electron chi connectivity index (χ0n) is 10.9. The van der Waals surface area contributed by atoms with Crippen molar-refractivity contribution in [2.75, 3.05) is 11.9 Å². The first-order valence-electron chi connectivity index (χ1n) is 6.07. The summed E-state index contributed by atoms with van der Waals surface area (Å²) in [4.78, 5) is 10.4. The third-order valence-electron chi connectivity index (χ3n) is 3.74. The monoisotopic (exact) mass is 250 g/mol. The first-order chi connectivity index (χ1) is 8.42. The van der Waals surface area contributed by atoms with Gasteiger partial charge in [0, 0.05) is 24.4 Å². The Bertz CT molecular complexity index is 475. The minimum atomic E-state index is -0.373. The Morgan fingerprint density at radius 2 is 2.28 bits per heavy atom. The van der Waals surface area contributed by atoms with Crippen LogP contribution in [0.25, 0.3) is 0 Å². The topological polar surface area (TPSA) is 64.4 Å². The van der Waals surface area contributed by atoms with Crippen LogP contribution in [-0.2, 0) is 4.74 Å². The highest BCUT2D eigenvalue weighted by Gasteiger charge is 2.37. The molecule has 98 valence electrons. The third kappa shape index (κ3) is 2.31. The van der Waals surface area contributed by atoms with Gasteiger partial charge in [0.25, 0.3) is 5.69 Å². The second-order valence-electron chi connectivity index (χ2n) is 5.06. The molecule has 1 fully saturated rings. The number of rotatable bonds is 3. The number of nitrogens with one attached hydrogen (secondary N) is 1. The van der Waals surface area contributed by atoms with Gasteiger partial charge in [0.1, 0.15) is 0 Å². The number of nitro groups is 1. The predicted octanol–water partition coefficient (Wildman–Crippen LogP) is 2.88. The Kier molecular flexibility index (Phi) is 3.26. The van der Waals surface area contributed by atoms with Gasteiger partial charge in [0.05, 0.1) is 16.6 Å². The van der Waals surface area contributed by atoms with Gasteiger partial charge in [-0.1, -0.05) is 6.07 Å². The van der Waals surface area contributed by atoms with Crippen LogP contribution in [0, 0.1) is 17.0 Å². The van der Waals surface area contributed by atoms with Crippen molar-refractivity contribution in [2.24, 2.45) is 0 Å². The molecule has 0 aromatic heterocycles. The molecule has 1 heterocycles. The van der Waals surface area contributed by atoms with Crippen LogP contribution in [0.4, 0.5) is 11.4 Å². The summed E-state index contributed by atoms with van der Waals surface area (Å²) in [5, 5.41) is 14.2. The van der Waals surface area contributed by atoms with Gasteiger partial charge < -0.3 is 10.1 Å². The number of aryl methyl sites for hydroxylation is 1. The summed E-state index contributed by atoms with van der Waals surface area (Å²) < 4.78 is 5.56. The highest BCUT2D eigenvalue weighted by Crippen LogP contribution is 2.32. The molecule has 1 aromatic carbocycles. The summed E-state index contributed by atoms with van der Waals surface area (Å²) in [6.45, 7) is 6.77. The van der Waals surface area contributed by atoms with Crippen molar-refractivity contribution in [1.82, 2.24) is 0 Å². The molecule has 1 aromatic rings. The largest absolute Gasteiger partial charge is 0.377 e. The van der Waals surface area contributed by atoms with Crippen LogP contribution in [0.15, 0.2) is 18.2 Å². The summed E-state index contributed by atoms with van der Waals surface area (Å²) in [6.07, 6.45) is 0.993. The van der Waals surface area contributed by atoms with Crippen LogP contribution in [0.2, 0.25) is 0 Å². The smallest absolute Gasteiger partial charge is 0.271 e. The van der Waals surface area contributed by atoms with E-state index in [1.807, 2.05) is 13.8 Å². The van der Waals surface area contributed by atoms with E-state index in [0.717, 1.165) is 24.3 Å². The van der Waals surface area contributed by atoms with Crippen LogP contribution in [0.1, 0.15) is 25.8 Å². The van der Waals surface area contributed by atoms with E-state index in [1.165, 1.54) is 6.07 Å². The van der Waals surface area contributed by atoms with E-state index in [9.17, 15) is 10.1 Å². The van der Waals surface area contributed by atoms with Crippen LogP contribution >= 0.6 is 0 Å². The molecule has 1 aliphatic rings. The SMILES string of the molecule is Cc1ccc([N+](=O)[O-])cc1NC1(C)CCOC1C. The Labute approximate surface area is 106 Å². The molecule has 2 atom stereocenters. The molecule has 0 aliphatic carbocycles. The van der Waals surface area contributed by atoms with E-state index >= 15 is 0 Å². The van der Waals surface area contributed by atoms with Crippen LogP contribution < -0.4 is 5.32 Å². The van der Waals surface area contributed by atoms with Gasteiger partial charge in [-0.25, -0.2) is 0 Å². The minimum absolute atomic E-state index is 0.0937. The predicted molar refractivity (Wildman–Crippen MR) is 69.9 cm³/mol. The van der Waals surface area contributed by atoms with Gasteiger partial charge in [-0.05, 0) is 32.8 Å². The van der Waals surface area contributed by atoms with E-state index in [0.29, 0.717) is 0 Å². The fraction of sp³-hybridized carbons (Fsp3) is 0.538. The van der Waals surface area contributed by atoms with Crippen LogP contribution in [0.3, 0.4) is 0 Å². The fourth-order valence-electron chi connectivity index (χ4n) is 2.16. The maximum Gasteiger partial charge on any atom is 0.271 e. The minimum Gasteiger partial charge on any atom is -0.377 e. The number of benzene rings is 1. The molecule has 0 spiro atoms. The number of non-ortho nitro benzene ring substituents is 1. The van der Waals surface area contributed by atoms with Crippen molar-refractivity contribution in [2.45, 2.75) is 38.8 Å². The highest BCUT2D eigenvalue weighted by atomic mass is 16.6. The van der Waals surface area contributed by atoms with E-state index < -0.39 is 0 Å². The third-order valence-corrected chi connectivity index (χ3v) is 3.74. The number of hydrogen-bond acceptors (Lipinski definition) is 4. The lowest BCUT2D eigenvalue weighted by Crippen LogP contribution is -2.41. The van der Waals surface area contributed by atoms with Crippen LogP contribution in [0.5, 0.6) is 0 Å². The lowest BCUT2D eigenvalue weighted by atomic mass is 9.93. The molecule has 2 unspecified atom stereocenters. The number of nitrogens with zero attached hydrogens (tertiary/aromatic N) is 1. The Hall–Kier alpha value is -1.62. The first-order valence-corrected chi connectivity index (χ1v) is 6.07. The van der Waals surface area contributed by atoms with Gasteiger partial charge in [0.2, 0.25) is 0 Å². The van der Waals surface area contributed by atoms with Crippen molar-refractivity contribution >= 4 is 11.4 Å². The normalized spacial score (nSPS) is 27.2. The second-order valence-corrected chi connectivity index (χ2v) is 5.06. The Morgan fingerprint density at radius 3 is 2.83 bits per heavy atom. The molecule has 0 saturated carbocycles. The molecule has 1 N–H and O–H groups in total. The quantitative estimate of drug-likeness (QED) is 0.661. The number of anilines is 1. The molecule has 0 radical (unpaired) electrons. The summed E-state index contributed by atoms with van der Waals surface area (Å²) in [6, 6.07) is 4.88. The van der Waals surface area contributed by atoms with E-state index in [2.05, 4.69) is 12.2 Å². The standard InChI is InChI=1S/C13H18N2O3/c1-9-4-5-11(15(16)17)8-12(9)14-13(3)6-7-18-10(13)2/h4-5,8,10,14H,6-7H2,1-3H3. The highest BCUT2D eigenvalue weighted by molar-refractivity contribution is 5.58. The Morgan fingerprint density at radius 1 is 1.56 bits per heavy atom. The summed E-state index contributed by atoms with van der Waals surface area (Å²) in [5.41, 5.74) is 1.75. The van der Waals surface area contributed by atoms with E-state index in [1.54, 1.807) is 12.1 Å². The van der Waals surface area contributed by atoms with Gasteiger partial charge in [-0.15, -0.1) is 0 Å². The van der Waals surface area contributed by atoms with E-state index in [-0.39, 0.29) is 22.3 Å². The average Bonchev–Trinajstić information content (AvgIpc) is 2.62. The fourth-order valence-corrected chi connectivity index (χ4v) is 2.16. The van der Waals surface area contributed by atoms with Gasteiger partial charge in [-0.2, -0.15) is 0 Å². The van der Waals surface area contributed by atoms with Crippen molar-refractivity contribution in [1.29, 1.82) is 0 Å². The summed E-state index contributed by atoms with van der Waals surface area (Å²) in [7, 11) is 0. The Balaban J connectivity index is 2.28. The number of nitro benzene ring substituents is 1. The summed E-state index contributed by atoms with van der Waals surface area (Å²) in [5.74, 6) is 0. The second kappa shape index (κ2) is 4.57. The van der Waals surface area contributed by atoms with E-state index in [4.69, 9.17) is 4.74 Å². The molecule has 0 bridgehead atoms. The number of hydrogen-bond donors (Lipinski definition) is 1. The molecule has 5 nitrogen and oxygen atoms in total. The molecule has 18 heavy (non-hydrogen) atoms. The molecule has 1 aliphatic heterocycles.